The fraction of sp³-hybridized carbons (Fsp3) is 0.516. The highest BCUT2D eigenvalue weighted by atomic mass is 35.5. The summed E-state index contributed by atoms with van der Waals surface area (Å²) in [5, 5.41) is 11.4. The van der Waals surface area contributed by atoms with Crippen LogP contribution in [0.2, 0.25) is 5.02 Å². The Labute approximate surface area is 256 Å². The number of hydrogen-bond acceptors (Lipinski definition) is 10. The average Bonchev–Trinajstić information content (AvgIpc) is 3.20. The maximum atomic E-state index is 13.1. The highest BCUT2D eigenvalue weighted by Gasteiger charge is 2.46. The van der Waals surface area contributed by atoms with Gasteiger partial charge >= 0.3 is 5.97 Å². The van der Waals surface area contributed by atoms with E-state index in [1.165, 1.54) is 23.0 Å². The molecule has 3 aliphatic rings. The Balaban J connectivity index is 1.20. The molecule has 6 rings (SSSR count). The fourth-order valence-electron chi connectivity index (χ4n) is 6.49. The summed E-state index contributed by atoms with van der Waals surface area (Å²) < 4.78 is 5.40. The molecule has 0 saturated carbocycles. The number of esters is 1. The van der Waals surface area contributed by atoms with Gasteiger partial charge in [0.2, 0.25) is 0 Å². The molecule has 0 unspecified atom stereocenters. The van der Waals surface area contributed by atoms with Crippen LogP contribution in [0.25, 0.3) is 0 Å². The van der Waals surface area contributed by atoms with Crippen molar-refractivity contribution < 1.29 is 14.6 Å². The number of hydrogen-bond donors (Lipinski definition) is 1. The summed E-state index contributed by atoms with van der Waals surface area (Å²) in [5.41, 5.74) is 2.24. The van der Waals surface area contributed by atoms with E-state index in [0.29, 0.717) is 40.7 Å². The SMILES string of the molecule is CCOC(=O)c1nc(Sc2ccnc(N3CC(C(C)(C)O)C3)c2Cl)cnc1N1CCC2(CC1)Cc1ncccc1[C@H]2C. The van der Waals surface area contributed by atoms with Gasteiger partial charge in [0.15, 0.2) is 11.5 Å². The van der Waals surface area contributed by atoms with Gasteiger partial charge in [-0.15, -0.1) is 0 Å². The van der Waals surface area contributed by atoms with Crippen LogP contribution in [-0.2, 0) is 11.2 Å². The zero-order valence-corrected chi connectivity index (χ0v) is 26.1. The van der Waals surface area contributed by atoms with Gasteiger partial charge in [0, 0.05) is 55.1 Å². The number of rotatable bonds is 7. The molecule has 2 aliphatic heterocycles. The van der Waals surface area contributed by atoms with Gasteiger partial charge in [0.1, 0.15) is 10.8 Å². The lowest BCUT2D eigenvalue weighted by Crippen LogP contribution is -2.56. The Hall–Kier alpha value is -2.95. The van der Waals surface area contributed by atoms with Gasteiger partial charge in [0.25, 0.3) is 0 Å². The summed E-state index contributed by atoms with van der Waals surface area (Å²) in [6.07, 6.45) is 8.29. The summed E-state index contributed by atoms with van der Waals surface area (Å²) in [5.74, 6) is 1.37. The van der Waals surface area contributed by atoms with Crippen molar-refractivity contribution in [2.24, 2.45) is 11.3 Å². The quantitative estimate of drug-likeness (QED) is 0.350. The average molecular weight is 609 g/mol. The number of ether oxygens (including phenoxy) is 1. The predicted octanol–water partition coefficient (Wildman–Crippen LogP) is 5.40. The number of piperidine rings is 1. The van der Waals surface area contributed by atoms with Gasteiger partial charge in [0.05, 0.1) is 23.4 Å². The lowest BCUT2D eigenvalue weighted by atomic mass is 9.70. The molecule has 1 spiro atoms. The first-order valence-corrected chi connectivity index (χ1v) is 15.8. The van der Waals surface area contributed by atoms with E-state index in [1.54, 1.807) is 19.3 Å². The molecule has 2 fully saturated rings. The van der Waals surface area contributed by atoms with E-state index in [0.717, 1.165) is 37.2 Å². The number of pyridine rings is 2. The monoisotopic (exact) mass is 608 g/mol. The van der Waals surface area contributed by atoms with E-state index in [2.05, 4.69) is 32.8 Å². The maximum absolute atomic E-state index is 13.1. The second kappa shape index (κ2) is 11.3. The van der Waals surface area contributed by atoms with Crippen molar-refractivity contribution in [1.82, 2.24) is 19.9 Å². The van der Waals surface area contributed by atoms with E-state index in [1.807, 2.05) is 32.2 Å². The summed E-state index contributed by atoms with van der Waals surface area (Å²) >= 11 is 8.14. The molecule has 222 valence electrons. The molecular weight excluding hydrogens is 572 g/mol. The zero-order chi connectivity index (χ0) is 29.6. The number of aromatic nitrogens is 4. The highest BCUT2D eigenvalue weighted by Crippen LogP contribution is 2.52. The van der Waals surface area contributed by atoms with Crippen LogP contribution in [0.4, 0.5) is 11.6 Å². The van der Waals surface area contributed by atoms with Crippen LogP contribution in [0.15, 0.2) is 46.7 Å². The van der Waals surface area contributed by atoms with Crippen molar-refractivity contribution in [2.45, 2.75) is 68.4 Å². The van der Waals surface area contributed by atoms with Crippen molar-refractivity contribution in [3.63, 3.8) is 0 Å². The molecule has 0 radical (unpaired) electrons. The van der Waals surface area contributed by atoms with Crippen LogP contribution < -0.4 is 9.80 Å². The van der Waals surface area contributed by atoms with Gasteiger partial charge in [-0.25, -0.2) is 19.7 Å². The largest absolute Gasteiger partial charge is 0.461 e. The molecule has 1 aliphatic carbocycles. The number of carbonyl (C=O) groups excluding carboxylic acids is 1. The summed E-state index contributed by atoms with van der Waals surface area (Å²) in [4.78, 5) is 36.8. The Morgan fingerprint density at radius 1 is 1.14 bits per heavy atom. The number of anilines is 2. The van der Waals surface area contributed by atoms with Crippen LogP contribution in [0.5, 0.6) is 0 Å². The van der Waals surface area contributed by atoms with Gasteiger partial charge in [-0.05, 0) is 69.1 Å². The first-order chi connectivity index (χ1) is 20.1. The Morgan fingerprint density at radius 3 is 2.60 bits per heavy atom. The maximum Gasteiger partial charge on any atom is 0.360 e. The van der Waals surface area contributed by atoms with Crippen LogP contribution in [0.1, 0.15) is 68.2 Å². The topological polar surface area (TPSA) is 105 Å². The number of carbonyl (C=O) groups is 1. The highest BCUT2D eigenvalue weighted by molar-refractivity contribution is 7.99. The van der Waals surface area contributed by atoms with Crippen molar-refractivity contribution in [3.8, 4) is 0 Å². The summed E-state index contributed by atoms with van der Waals surface area (Å²) in [6, 6.07) is 6.08. The molecule has 0 bridgehead atoms. The smallest absolute Gasteiger partial charge is 0.360 e. The second-order valence-corrected chi connectivity index (χ2v) is 13.6. The minimum absolute atomic E-state index is 0.158. The lowest BCUT2D eigenvalue weighted by Gasteiger charge is -2.46. The molecule has 1 atom stereocenters. The van der Waals surface area contributed by atoms with Crippen LogP contribution in [0, 0.1) is 11.3 Å². The molecule has 9 nitrogen and oxygen atoms in total. The van der Waals surface area contributed by atoms with Crippen molar-refractivity contribution >= 4 is 41.0 Å². The molecule has 0 aromatic carbocycles. The zero-order valence-electron chi connectivity index (χ0n) is 24.5. The third kappa shape index (κ3) is 5.33. The van der Waals surface area contributed by atoms with Crippen LogP contribution in [0.3, 0.4) is 0 Å². The number of fused-ring (bicyclic) bond motifs is 1. The number of aliphatic hydroxyl groups is 1. The van der Waals surface area contributed by atoms with Gasteiger partial charge in [-0.3, -0.25) is 4.98 Å². The molecule has 3 aromatic heterocycles. The van der Waals surface area contributed by atoms with Crippen LogP contribution in [-0.4, -0.2) is 69.4 Å². The fourth-order valence-corrected chi connectivity index (χ4v) is 7.62. The first-order valence-electron chi connectivity index (χ1n) is 14.6. The molecule has 1 N–H and O–H groups in total. The van der Waals surface area contributed by atoms with E-state index >= 15 is 0 Å². The van der Waals surface area contributed by atoms with Crippen molar-refractivity contribution in [3.05, 3.63) is 58.8 Å². The molecule has 11 heteroatoms. The molecular formula is C31H37ClN6O3S. The normalized spacial score (nSPS) is 20.0. The van der Waals surface area contributed by atoms with Gasteiger partial charge in [-0.1, -0.05) is 36.4 Å². The minimum Gasteiger partial charge on any atom is -0.461 e. The molecule has 2 saturated heterocycles. The Kier molecular flexibility index (Phi) is 7.82. The van der Waals surface area contributed by atoms with E-state index in [9.17, 15) is 9.90 Å². The van der Waals surface area contributed by atoms with Gasteiger partial charge < -0.3 is 19.6 Å². The number of nitrogens with zero attached hydrogens (tertiary/aromatic N) is 6. The molecule has 42 heavy (non-hydrogen) atoms. The minimum atomic E-state index is -0.747. The van der Waals surface area contributed by atoms with Crippen molar-refractivity contribution in [1.29, 1.82) is 0 Å². The van der Waals surface area contributed by atoms with Crippen LogP contribution >= 0.6 is 23.4 Å². The summed E-state index contributed by atoms with van der Waals surface area (Å²) in [6.45, 7) is 11.0. The Morgan fingerprint density at radius 2 is 1.90 bits per heavy atom. The Bertz CT molecular complexity index is 1480. The van der Waals surface area contributed by atoms with Gasteiger partial charge in [-0.2, -0.15) is 0 Å². The third-order valence-corrected chi connectivity index (χ3v) is 10.8. The molecule has 5 heterocycles. The summed E-state index contributed by atoms with van der Waals surface area (Å²) in [7, 11) is 0. The number of halogens is 1. The second-order valence-electron chi connectivity index (χ2n) is 12.2. The van der Waals surface area contributed by atoms with Crippen molar-refractivity contribution in [2.75, 3.05) is 42.6 Å². The van der Waals surface area contributed by atoms with E-state index in [4.69, 9.17) is 26.3 Å². The first kappa shape index (κ1) is 29.1. The molecule has 0 amide bonds. The predicted molar refractivity (Wildman–Crippen MR) is 164 cm³/mol. The standard InChI is InChI=1S/C31H37ClN6O3S/c1-5-41-29(39)26-28(37-13-9-31(10-14-37)15-22-21(19(31)2)7-6-11-33-22)35-16-24(36-26)42-23-8-12-34-27(25(23)32)38-17-20(18-38)30(3,4)40/h6-8,11-12,16,19-20,40H,5,9-10,13-15,17-18H2,1-4H3/t19-/m1/s1. The van der Waals surface area contributed by atoms with E-state index in [-0.39, 0.29) is 23.6 Å². The van der Waals surface area contributed by atoms with E-state index < -0.39 is 11.6 Å². The third-order valence-electron chi connectivity index (χ3n) is 9.32. The molecule has 3 aromatic rings. The lowest BCUT2D eigenvalue weighted by molar-refractivity contribution is 0.00437.